The number of pyridine rings is 1. The SMILES string of the molecule is Cc1cc(C#N)cc(Oc2cccc(Cl)c2Cl)n1. The minimum absolute atomic E-state index is 0.315. The Labute approximate surface area is 115 Å². The van der Waals surface area contributed by atoms with E-state index in [9.17, 15) is 0 Å². The summed E-state index contributed by atoms with van der Waals surface area (Å²) < 4.78 is 5.53. The fourth-order valence-corrected chi connectivity index (χ4v) is 1.76. The van der Waals surface area contributed by atoms with E-state index in [1.165, 1.54) is 0 Å². The average molecular weight is 279 g/mol. The second-order valence-corrected chi connectivity index (χ2v) is 4.39. The summed E-state index contributed by atoms with van der Waals surface area (Å²) in [4.78, 5) is 4.17. The molecule has 0 aliphatic carbocycles. The molecule has 1 heterocycles. The summed E-state index contributed by atoms with van der Waals surface area (Å²) >= 11 is 11.9. The van der Waals surface area contributed by atoms with Crippen LogP contribution in [0.2, 0.25) is 10.0 Å². The van der Waals surface area contributed by atoms with Crippen LogP contribution in [0.3, 0.4) is 0 Å². The highest BCUT2D eigenvalue weighted by Gasteiger charge is 2.08. The van der Waals surface area contributed by atoms with Gasteiger partial charge < -0.3 is 4.74 Å². The number of nitrogens with zero attached hydrogens (tertiary/aromatic N) is 2. The molecule has 90 valence electrons. The maximum absolute atomic E-state index is 8.87. The van der Waals surface area contributed by atoms with Crippen LogP contribution in [0, 0.1) is 18.3 Å². The summed E-state index contributed by atoms with van der Waals surface area (Å²) in [6.45, 7) is 1.78. The van der Waals surface area contributed by atoms with Gasteiger partial charge in [0.25, 0.3) is 0 Å². The lowest BCUT2D eigenvalue weighted by molar-refractivity contribution is 0.462. The number of aromatic nitrogens is 1. The van der Waals surface area contributed by atoms with Gasteiger partial charge in [0, 0.05) is 11.8 Å². The number of hydrogen-bond acceptors (Lipinski definition) is 3. The lowest BCUT2D eigenvalue weighted by atomic mass is 10.2. The highest BCUT2D eigenvalue weighted by atomic mass is 35.5. The van der Waals surface area contributed by atoms with Crippen LogP contribution in [-0.4, -0.2) is 4.98 Å². The fraction of sp³-hybridized carbons (Fsp3) is 0.0769. The second kappa shape index (κ2) is 5.26. The Morgan fingerprint density at radius 3 is 2.78 bits per heavy atom. The molecule has 0 radical (unpaired) electrons. The van der Waals surface area contributed by atoms with Gasteiger partial charge in [0.2, 0.25) is 5.88 Å². The Morgan fingerprint density at radius 2 is 2.06 bits per heavy atom. The highest BCUT2D eigenvalue weighted by molar-refractivity contribution is 6.42. The van der Waals surface area contributed by atoms with Crippen molar-refractivity contribution in [3.63, 3.8) is 0 Å². The van der Waals surface area contributed by atoms with Crippen LogP contribution in [0.5, 0.6) is 11.6 Å². The third kappa shape index (κ3) is 2.73. The molecule has 2 rings (SSSR count). The summed E-state index contributed by atoms with van der Waals surface area (Å²) in [7, 11) is 0. The molecule has 0 fully saturated rings. The lowest BCUT2D eigenvalue weighted by Gasteiger charge is -2.08. The van der Waals surface area contributed by atoms with Crippen LogP contribution >= 0.6 is 23.2 Å². The quantitative estimate of drug-likeness (QED) is 0.820. The van der Waals surface area contributed by atoms with Crippen molar-refractivity contribution in [3.05, 3.63) is 51.6 Å². The van der Waals surface area contributed by atoms with Crippen molar-refractivity contribution in [2.45, 2.75) is 6.92 Å². The number of nitriles is 1. The smallest absolute Gasteiger partial charge is 0.220 e. The van der Waals surface area contributed by atoms with Gasteiger partial charge in [-0.25, -0.2) is 4.98 Å². The summed E-state index contributed by atoms with van der Waals surface area (Å²) in [5.74, 6) is 0.724. The van der Waals surface area contributed by atoms with Crippen LogP contribution in [0.25, 0.3) is 0 Å². The molecule has 18 heavy (non-hydrogen) atoms. The number of ether oxygens (including phenoxy) is 1. The first-order valence-corrected chi connectivity index (χ1v) is 5.86. The van der Waals surface area contributed by atoms with E-state index in [1.807, 2.05) is 6.07 Å². The van der Waals surface area contributed by atoms with Crippen molar-refractivity contribution in [3.8, 4) is 17.7 Å². The molecule has 0 amide bonds. The lowest BCUT2D eigenvalue weighted by Crippen LogP contribution is -1.92. The third-order valence-corrected chi connectivity index (χ3v) is 2.99. The van der Waals surface area contributed by atoms with Gasteiger partial charge in [0.15, 0.2) is 0 Å². The number of benzene rings is 1. The molecule has 0 bridgehead atoms. The van der Waals surface area contributed by atoms with Crippen molar-refractivity contribution in [1.82, 2.24) is 4.98 Å². The van der Waals surface area contributed by atoms with Gasteiger partial charge in [0.05, 0.1) is 16.7 Å². The van der Waals surface area contributed by atoms with E-state index in [0.717, 1.165) is 0 Å². The van der Waals surface area contributed by atoms with Gasteiger partial charge in [-0.3, -0.25) is 0 Å². The zero-order chi connectivity index (χ0) is 13.1. The molecule has 0 saturated carbocycles. The molecule has 0 N–H and O–H groups in total. The number of rotatable bonds is 2. The van der Waals surface area contributed by atoms with E-state index in [0.29, 0.717) is 32.9 Å². The van der Waals surface area contributed by atoms with Crippen LogP contribution in [0.15, 0.2) is 30.3 Å². The minimum atomic E-state index is 0.315. The van der Waals surface area contributed by atoms with Gasteiger partial charge >= 0.3 is 0 Å². The molecule has 0 aliphatic rings. The molecule has 2 aromatic rings. The Balaban J connectivity index is 2.37. The summed E-state index contributed by atoms with van der Waals surface area (Å²) in [5, 5.41) is 9.60. The Kier molecular flexibility index (Phi) is 3.71. The van der Waals surface area contributed by atoms with Crippen molar-refractivity contribution in [2.75, 3.05) is 0 Å². The molecule has 0 unspecified atom stereocenters. The normalized spacial score (nSPS) is 9.89. The predicted molar refractivity (Wildman–Crippen MR) is 70.2 cm³/mol. The van der Waals surface area contributed by atoms with E-state index in [-0.39, 0.29) is 0 Å². The summed E-state index contributed by atoms with van der Waals surface area (Å²) in [5.41, 5.74) is 1.18. The zero-order valence-electron chi connectivity index (χ0n) is 9.45. The molecule has 3 nitrogen and oxygen atoms in total. The van der Waals surface area contributed by atoms with Gasteiger partial charge in [0.1, 0.15) is 10.8 Å². The largest absolute Gasteiger partial charge is 0.437 e. The van der Waals surface area contributed by atoms with Gasteiger partial charge in [-0.1, -0.05) is 29.3 Å². The van der Waals surface area contributed by atoms with Gasteiger partial charge in [-0.05, 0) is 25.1 Å². The van der Waals surface area contributed by atoms with Crippen molar-refractivity contribution in [1.29, 1.82) is 5.26 Å². The first kappa shape index (κ1) is 12.7. The van der Waals surface area contributed by atoms with Crippen LogP contribution in [0.4, 0.5) is 0 Å². The molecule has 1 aromatic heterocycles. The summed E-state index contributed by atoms with van der Waals surface area (Å²) in [6, 6.07) is 10.3. The van der Waals surface area contributed by atoms with Crippen molar-refractivity contribution in [2.24, 2.45) is 0 Å². The monoisotopic (exact) mass is 278 g/mol. The average Bonchev–Trinajstić information content (AvgIpc) is 2.34. The maximum Gasteiger partial charge on any atom is 0.220 e. The maximum atomic E-state index is 8.87. The van der Waals surface area contributed by atoms with Crippen molar-refractivity contribution < 1.29 is 4.74 Å². The van der Waals surface area contributed by atoms with Gasteiger partial charge in [-0.2, -0.15) is 5.26 Å². The van der Waals surface area contributed by atoms with Crippen LogP contribution in [0.1, 0.15) is 11.3 Å². The fourth-order valence-electron chi connectivity index (χ4n) is 1.43. The minimum Gasteiger partial charge on any atom is -0.437 e. The molecular weight excluding hydrogens is 271 g/mol. The first-order valence-electron chi connectivity index (χ1n) is 5.11. The molecule has 0 atom stereocenters. The molecular formula is C13H8Cl2N2O. The molecule has 1 aromatic carbocycles. The molecule has 5 heteroatoms. The number of hydrogen-bond donors (Lipinski definition) is 0. The summed E-state index contributed by atoms with van der Waals surface area (Å²) in [6.07, 6.45) is 0. The number of halogens is 2. The topological polar surface area (TPSA) is 45.9 Å². The molecule has 0 aliphatic heterocycles. The van der Waals surface area contributed by atoms with E-state index in [2.05, 4.69) is 4.98 Å². The van der Waals surface area contributed by atoms with Crippen LogP contribution in [-0.2, 0) is 0 Å². The van der Waals surface area contributed by atoms with E-state index >= 15 is 0 Å². The predicted octanol–water partition coefficient (Wildman–Crippen LogP) is 4.36. The zero-order valence-corrected chi connectivity index (χ0v) is 11.0. The van der Waals surface area contributed by atoms with E-state index in [4.69, 9.17) is 33.2 Å². The molecule has 0 spiro atoms. The molecule has 0 saturated heterocycles. The number of aryl methyl sites for hydroxylation is 1. The first-order chi connectivity index (χ1) is 8.60. The Hall–Kier alpha value is -1.76. The van der Waals surface area contributed by atoms with Gasteiger partial charge in [-0.15, -0.1) is 0 Å². The Morgan fingerprint density at radius 1 is 1.28 bits per heavy atom. The van der Waals surface area contributed by atoms with Crippen LogP contribution < -0.4 is 4.74 Å². The van der Waals surface area contributed by atoms with E-state index in [1.54, 1.807) is 37.3 Å². The van der Waals surface area contributed by atoms with E-state index < -0.39 is 0 Å². The van der Waals surface area contributed by atoms with Crippen molar-refractivity contribution >= 4 is 23.2 Å². The standard InChI is InChI=1S/C13H8Cl2N2O/c1-8-5-9(7-16)6-12(17-8)18-11-4-2-3-10(14)13(11)15/h2-6H,1H3. The highest BCUT2D eigenvalue weighted by Crippen LogP contribution is 2.34. The Bertz CT molecular complexity index is 635. The second-order valence-electron chi connectivity index (χ2n) is 3.60. The third-order valence-electron chi connectivity index (χ3n) is 2.19.